The summed E-state index contributed by atoms with van der Waals surface area (Å²) in [5, 5.41) is 2.96. The summed E-state index contributed by atoms with van der Waals surface area (Å²) in [4.78, 5) is 18.2. The standard InChI is InChI=1S/C18H23ClN2O3S/c1-3-14(18(24-20)15-8-9-16(19)25-15)21-17(22)10-11-23-13-6-4-12(2)5-7-13/h4-9,14,18H,3,10-11,20H2,1-2H3,(H,21,22)/t14-,18+/m1/s1. The van der Waals surface area contributed by atoms with Crippen LogP contribution in [0.2, 0.25) is 4.34 Å². The number of aryl methyl sites for hydroxylation is 1. The zero-order valence-electron chi connectivity index (χ0n) is 14.3. The van der Waals surface area contributed by atoms with Crippen LogP contribution in [0, 0.1) is 6.92 Å². The molecule has 0 fully saturated rings. The van der Waals surface area contributed by atoms with Gasteiger partial charge in [0.2, 0.25) is 5.91 Å². The van der Waals surface area contributed by atoms with Gasteiger partial charge in [0.05, 0.1) is 23.4 Å². The molecule has 1 aromatic heterocycles. The van der Waals surface area contributed by atoms with Crippen LogP contribution in [0.15, 0.2) is 36.4 Å². The van der Waals surface area contributed by atoms with E-state index in [0.717, 1.165) is 16.2 Å². The van der Waals surface area contributed by atoms with Crippen LogP contribution in [-0.2, 0) is 9.63 Å². The molecule has 3 N–H and O–H groups in total. The molecule has 0 saturated carbocycles. The largest absolute Gasteiger partial charge is 0.493 e. The summed E-state index contributed by atoms with van der Waals surface area (Å²) in [5.74, 6) is 6.09. The van der Waals surface area contributed by atoms with E-state index in [0.29, 0.717) is 17.4 Å². The summed E-state index contributed by atoms with van der Waals surface area (Å²) in [6.45, 7) is 4.29. The van der Waals surface area contributed by atoms with Crippen LogP contribution in [0.1, 0.15) is 36.3 Å². The van der Waals surface area contributed by atoms with Gasteiger partial charge in [-0.05, 0) is 37.6 Å². The van der Waals surface area contributed by atoms with E-state index in [4.69, 9.17) is 27.1 Å². The Bertz CT molecular complexity index is 675. The monoisotopic (exact) mass is 382 g/mol. The van der Waals surface area contributed by atoms with Crippen molar-refractivity contribution in [2.24, 2.45) is 5.90 Å². The highest BCUT2D eigenvalue weighted by Gasteiger charge is 2.25. The lowest BCUT2D eigenvalue weighted by molar-refractivity contribution is -0.123. The van der Waals surface area contributed by atoms with Crippen LogP contribution in [0.25, 0.3) is 0 Å². The number of hydrogen-bond acceptors (Lipinski definition) is 5. The molecule has 0 bridgehead atoms. The number of carbonyl (C=O) groups excluding carboxylic acids is 1. The fourth-order valence-corrected chi connectivity index (χ4v) is 3.57. The van der Waals surface area contributed by atoms with Crippen molar-refractivity contribution in [2.75, 3.05) is 6.61 Å². The number of nitrogens with two attached hydrogens (primary N) is 1. The number of rotatable bonds is 9. The van der Waals surface area contributed by atoms with Crippen LogP contribution in [0.3, 0.4) is 0 Å². The Kier molecular flexibility index (Phi) is 7.71. The Morgan fingerprint density at radius 2 is 2.00 bits per heavy atom. The van der Waals surface area contributed by atoms with Crippen molar-refractivity contribution in [3.63, 3.8) is 0 Å². The Morgan fingerprint density at radius 3 is 2.56 bits per heavy atom. The van der Waals surface area contributed by atoms with Crippen molar-refractivity contribution >= 4 is 28.8 Å². The molecule has 0 aliphatic carbocycles. The Hall–Kier alpha value is -1.60. The van der Waals surface area contributed by atoms with Gasteiger partial charge >= 0.3 is 0 Å². The predicted octanol–water partition coefficient (Wildman–Crippen LogP) is 4.01. The molecule has 2 rings (SSSR count). The van der Waals surface area contributed by atoms with Gasteiger partial charge in [-0.15, -0.1) is 11.3 Å². The van der Waals surface area contributed by atoms with Crippen molar-refractivity contribution < 1.29 is 14.4 Å². The van der Waals surface area contributed by atoms with Crippen LogP contribution in [-0.4, -0.2) is 18.6 Å². The van der Waals surface area contributed by atoms with E-state index in [9.17, 15) is 4.79 Å². The average Bonchev–Trinajstić information content (AvgIpc) is 3.02. The topological polar surface area (TPSA) is 73.6 Å². The lowest BCUT2D eigenvalue weighted by atomic mass is 10.1. The van der Waals surface area contributed by atoms with Crippen LogP contribution < -0.4 is 16.0 Å². The number of hydrogen-bond donors (Lipinski definition) is 2. The minimum absolute atomic E-state index is 0.108. The Balaban J connectivity index is 1.85. The van der Waals surface area contributed by atoms with Crippen molar-refractivity contribution in [1.29, 1.82) is 0 Å². The van der Waals surface area contributed by atoms with Gasteiger partial charge in [0.15, 0.2) is 0 Å². The molecular formula is C18H23ClN2O3S. The average molecular weight is 383 g/mol. The van der Waals surface area contributed by atoms with Crippen molar-refractivity contribution in [3.05, 3.63) is 51.2 Å². The zero-order chi connectivity index (χ0) is 18.2. The number of amides is 1. The van der Waals surface area contributed by atoms with Gasteiger partial charge in [0.1, 0.15) is 11.9 Å². The third-order valence-electron chi connectivity index (χ3n) is 3.79. The molecule has 0 unspecified atom stereocenters. The fraction of sp³-hybridized carbons (Fsp3) is 0.389. The molecule has 2 aromatic rings. The number of nitrogens with one attached hydrogen (secondary N) is 1. The third kappa shape index (κ3) is 6.01. The molecule has 7 heteroatoms. The number of thiophene rings is 1. The summed E-state index contributed by atoms with van der Waals surface area (Å²) >= 11 is 7.36. The third-order valence-corrected chi connectivity index (χ3v) is 5.08. The van der Waals surface area contributed by atoms with Gasteiger partial charge in [0.25, 0.3) is 0 Å². The molecule has 5 nitrogen and oxygen atoms in total. The van der Waals surface area contributed by atoms with Gasteiger partial charge in [-0.3, -0.25) is 9.63 Å². The first-order valence-electron chi connectivity index (χ1n) is 8.13. The summed E-state index contributed by atoms with van der Waals surface area (Å²) in [7, 11) is 0. The van der Waals surface area contributed by atoms with Crippen LogP contribution in [0.5, 0.6) is 5.75 Å². The van der Waals surface area contributed by atoms with Gasteiger partial charge in [-0.25, -0.2) is 5.90 Å². The van der Waals surface area contributed by atoms with Crippen molar-refractivity contribution in [1.82, 2.24) is 5.32 Å². The van der Waals surface area contributed by atoms with E-state index in [-0.39, 0.29) is 18.4 Å². The molecule has 25 heavy (non-hydrogen) atoms. The van der Waals surface area contributed by atoms with Crippen molar-refractivity contribution in [3.8, 4) is 5.75 Å². The van der Waals surface area contributed by atoms with E-state index < -0.39 is 6.10 Å². The van der Waals surface area contributed by atoms with E-state index in [1.54, 1.807) is 6.07 Å². The quantitative estimate of drug-likeness (QED) is 0.643. The van der Waals surface area contributed by atoms with Gasteiger partial charge in [-0.2, -0.15) is 0 Å². The summed E-state index contributed by atoms with van der Waals surface area (Å²) in [5.41, 5.74) is 1.16. The van der Waals surface area contributed by atoms with Gasteiger partial charge in [-0.1, -0.05) is 36.2 Å². The number of ether oxygens (including phenoxy) is 1. The number of halogens is 1. The van der Waals surface area contributed by atoms with Crippen molar-refractivity contribution in [2.45, 2.75) is 38.8 Å². The first kappa shape index (κ1) is 19.7. The molecule has 0 aliphatic rings. The first-order chi connectivity index (χ1) is 12.0. The highest BCUT2D eigenvalue weighted by Crippen LogP contribution is 2.31. The maximum atomic E-state index is 12.2. The van der Waals surface area contributed by atoms with Crippen LogP contribution >= 0.6 is 22.9 Å². The fourth-order valence-electron chi connectivity index (χ4n) is 2.41. The summed E-state index contributed by atoms with van der Waals surface area (Å²) < 4.78 is 6.25. The molecule has 0 spiro atoms. The smallest absolute Gasteiger partial charge is 0.223 e. The van der Waals surface area contributed by atoms with Gasteiger partial charge < -0.3 is 10.1 Å². The Labute approximate surface area is 157 Å². The summed E-state index contributed by atoms with van der Waals surface area (Å²) in [6.07, 6.45) is 0.513. The summed E-state index contributed by atoms with van der Waals surface area (Å²) in [6, 6.07) is 11.1. The number of benzene rings is 1. The normalized spacial score (nSPS) is 13.3. The predicted molar refractivity (Wildman–Crippen MR) is 101 cm³/mol. The van der Waals surface area contributed by atoms with Gasteiger partial charge in [0, 0.05) is 4.88 Å². The van der Waals surface area contributed by atoms with E-state index in [2.05, 4.69) is 5.32 Å². The number of carbonyl (C=O) groups is 1. The lowest BCUT2D eigenvalue weighted by Gasteiger charge is -2.24. The lowest BCUT2D eigenvalue weighted by Crippen LogP contribution is -2.40. The highest BCUT2D eigenvalue weighted by atomic mass is 35.5. The molecule has 1 amide bonds. The molecular weight excluding hydrogens is 360 g/mol. The molecule has 0 radical (unpaired) electrons. The first-order valence-corrected chi connectivity index (χ1v) is 9.32. The minimum Gasteiger partial charge on any atom is -0.493 e. The molecule has 1 heterocycles. The molecule has 0 saturated heterocycles. The Morgan fingerprint density at radius 1 is 1.28 bits per heavy atom. The second-order valence-corrected chi connectivity index (χ2v) is 7.44. The van der Waals surface area contributed by atoms with Crippen LogP contribution in [0.4, 0.5) is 0 Å². The SMILES string of the molecule is CC[C@@H](NC(=O)CCOc1ccc(C)cc1)[C@H](ON)c1ccc(Cl)s1. The van der Waals surface area contributed by atoms with E-state index >= 15 is 0 Å². The van der Waals surface area contributed by atoms with E-state index in [1.165, 1.54) is 11.3 Å². The molecule has 0 aliphatic heterocycles. The maximum absolute atomic E-state index is 12.2. The molecule has 2 atom stereocenters. The molecule has 136 valence electrons. The highest BCUT2D eigenvalue weighted by molar-refractivity contribution is 7.16. The minimum atomic E-state index is -0.426. The maximum Gasteiger partial charge on any atom is 0.223 e. The zero-order valence-corrected chi connectivity index (χ0v) is 15.9. The second kappa shape index (κ2) is 9.77. The second-order valence-electron chi connectivity index (χ2n) is 5.69. The van der Waals surface area contributed by atoms with E-state index in [1.807, 2.05) is 44.2 Å². The molecule has 1 aromatic carbocycles.